The standard InChI is InChI=1S/C12H10Br2OS/c13-7-9-6-10(14)3-4-12(9)15-8-11-2-1-5-16-11/h1-6H,7-8H2. The third kappa shape index (κ3) is 3.09. The third-order valence-electron chi connectivity index (χ3n) is 2.12. The highest BCUT2D eigenvalue weighted by Gasteiger charge is 2.04. The van der Waals surface area contributed by atoms with Crippen molar-refractivity contribution in [3.8, 4) is 5.75 Å². The van der Waals surface area contributed by atoms with Crippen molar-refractivity contribution in [3.05, 3.63) is 50.6 Å². The normalized spacial score (nSPS) is 10.4. The number of halogens is 2. The lowest BCUT2D eigenvalue weighted by Gasteiger charge is -2.09. The maximum absolute atomic E-state index is 5.79. The topological polar surface area (TPSA) is 9.23 Å². The minimum absolute atomic E-state index is 0.638. The molecule has 0 atom stereocenters. The molecular formula is C12H10Br2OS. The largest absolute Gasteiger partial charge is 0.488 e. The zero-order valence-corrected chi connectivity index (χ0v) is 12.4. The summed E-state index contributed by atoms with van der Waals surface area (Å²) in [4.78, 5) is 1.24. The molecule has 0 fully saturated rings. The molecule has 1 nitrogen and oxygen atoms in total. The fourth-order valence-corrected chi connectivity index (χ4v) is 2.80. The molecule has 1 heterocycles. The summed E-state index contributed by atoms with van der Waals surface area (Å²) in [6.45, 7) is 0.638. The van der Waals surface area contributed by atoms with E-state index in [0.29, 0.717) is 6.61 Å². The summed E-state index contributed by atoms with van der Waals surface area (Å²) in [7, 11) is 0. The van der Waals surface area contributed by atoms with Gasteiger partial charge < -0.3 is 4.74 Å². The average Bonchev–Trinajstić information content (AvgIpc) is 2.80. The van der Waals surface area contributed by atoms with E-state index in [0.717, 1.165) is 21.1 Å². The number of rotatable bonds is 4. The Morgan fingerprint density at radius 2 is 2.12 bits per heavy atom. The van der Waals surface area contributed by atoms with Crippen LogP contribution in [-0.2, 0) is 11.9 Å². The molecule has 4 heteroatoms. The van der Waals surface area contributed by atoms with Gasteiger partial charge in [-0.2, -0.15) is 0 Å². The van der Waals surface area contributed by atoms with Gasteiger partial charge in [-0.1, -0.05) is 37.9 Å². The summed E-state index contributed by atoms with van der Waals surface area (Å²) in [6.07, 6.45) is 0. The van der Waals surface area contributed by atoms with Gasteiger partial charge in [0.25, 0.3) is 0 Å². The summed E-state index contributed by atoms with van der Waals surface area (Å²) in [5.74, 6) is 0.938. The van der Waals surface area contributed by atoms with Crippen LogP contribution >= 0.6 is 43.2 Å². The van der Waals surface area contributed by atoms with E-state index in [2.05, 4.69) is 49.4 Å². The number of ether oxygens (including phenoxy) is 1. The number of hydrogen-bond donors (Lipinski definition) is 0. The smallest absolute Gasteiger partial charge is 0.123 e. The van der Waals surface area contributed by atoms with Crippen molar-refractivity contribution in [2.24, 2.45) is 0 Å². The molecule has 0 saturated heterocycles. The second kappa shape index (κ2) is 5.84. The molecule has 0 amide bonds. The Hall–Kier alpha value is -0.320. The molecule has 84 valence electrons. The van der Waals surface area contributed by atoms with Gasteiger partial charge in [-0.25, -0.2) is 0 Å². The van der Waals surface area contributed by atoms with Crippen LogP contribution in [0.25, 0.3) is 0 Å². The van der Waals surface area contributed by atoms with Gasteiger partial charge in [0.2, 0.25) is 0 Å². The second-order valence-corrected chi connectivity index (χ2v) is 5.76. The Balaban J connectivity index is 2.09. The zero-order valence-electron chi connectivity index (χ0n) is 8.45. The molecule has 16 heavy (non-hydrogen) atoms. The second-order valence-electron chi connectivity index (χ2n) is 3.25. The molecule has 0 aliphatic heterocycles. The van der Waals surface area contributed by atoms with Gasteiger partial charge in [-0.3, -0.25) is 0 Å². The highest BCUT2D eigenvalue weighted by atomic mass is 79.9. The maximum atomic E-state index is 5.79. The first-order chi connectivity index (χ1) is 7.79. The van der Waals surface area contributed by atoms with E-state index < -0.39 is 0 Å². The van der Waals surface area contributed by atoms with Crippen LogP contribution in [-0.4, -0.2) is 0 Å². The molecule has 0 bridgehead atoms. The number of benzene rings is 1. The van der Waals surface area contributed by atoms with Crippen molar-refractivity contribution in [2.75, 3.05) is 0 Å². The lowest BCUT2D eigenvalue weighted by molar-refractivity contribution is 0.307. The number of hydrogen-bond acceptors (Lipinski definition) is 2. The lowest BCUT2D eigenvalue weighted by Crippen LogP contribution is -1.95. The Morgan fingerprint density at radius 3 is 2.81 bits per heavy atom. The number of thiophene rings is 1. The Labute approximate surface area is 116 Å². The quantitative estimate of drug-likeness (QED) is 0.697. The van der Waals surface area contributed by atoms with E-state index in [1.807, 2.05) is 18.2 Å². The third-order valence-corrected chi connectivity index (χ3v) is 4.06. The first-order valence-corrected chi connectivity index (χ1v) is 7.58. The van der Waals surface area contributed by atoms with Crippen LogP contribution in [0, 0.1) is 0 Å². The van der Waals surface area contributed by atoms with Gasteiger partial charge in [0.15, 0.2) is 0 Å². The Morgan fingerprint density at radius 1 is 1.25 bits per heavy atom. The summed E-state index contributed by atoms with van der Waals surface area (Å²) < 4.78 is 6.86. The minimum Gasteiger partial charge on any atom is -0.488 e. The van der Waals surface area contributed by atoms with Crippen LogP contribution in [0.1, 0.15) is 10.4 Å². The molecule has 2 aromatic rings. The molecule has 0 aliphatic rings. The molecule has 0 N–H and O–H groups in total. The van der Waals surface area contributed by atoms with Crippen LogP contribution in [0.3, 0.4) is 0 Å². The van der Waals surface area contributed by atoms with Crippen LogP contribution in [0.2, 0.25) is 0 Å². The number of alkyl halides is 1. The lowest BCUT2D eigenvalue weighted by atomic mass is 10.2. The average molecular weight is 362 g/mol. The van der Waals surface area contributed by atoms with Crippen LogP contribution in [0.5, 0.6) is 5.75 Å². The van der Waals surface area contributed by atoms with Gasteiger partial charge in [0.1, 0.15) is 12.4 Å². The SMILES string of the molecule is BrCc1cc(Br)ccc1OCc1cccs1. The first-order valence-electron chi connectivity index (χ1n) is 4.79. The molecule has 2 rings (SSSR count). The predicted molar refractivity (Wildman–Crippen MR) is 75.4 cm³/mol. The van der Waals surface area contributed by atoms with Crippen LogP contribution in [0.15, 0.2) is 40.2 Å². The Kier molecular flexibility index (Phi) is 4.44. The molecule has 1 aromatic carbocycles. The van der Waals surface area contributed by atoms with Gasteiger partial charge in [0.05, 0.1) is 0 Å². The highest BCUT2D eigenvalue weighted by Crippen LogP contribution is 2.26. The predicted octanol–water partition coefficient (Wildman–Crippen LogP) is 4.98. The monoisotopic (exact) mass is 360 g/mol. The summed E-state index contributed by atoms with van der Waals surface area (Å²) >= 11 is 8.63. The fourth-order valence-electron chi connectivity index (χ4n) is 1.34. The van der Waals surface area contributed by atoms with Crippen LogP contribution in [0.4, 0.5) is 0 Å². The summed E-state index contributed by atoms with van der Waals surface area (Å²) in [6, 6.07) is 10.2. The van der Waals surface area contributed by atoms with E-state index in [9.17, 15) is 0 Å². The van der Waals surface area contributed by atoms with Crippen molar-refractivity contribution >= 4 is 43.2 Å². The molecule has 1 aromatic heterocycles. The first kappa shape index (κ1) is 12.1. The van der Waals surface area contributed by atoms with Crippen molar-refractivity contribution in [2.45, 2.75) is 11.9 Å². The minimum atomic E-state index is 0.638. The van der Waals surface area contributed by atoms with Gasteiger partial charge in [-0.15, -0.1) is 11.3 Å². The molecule has 0 saturated carbocycles. The van der Waals surface area contributed by atoms with E-state index in [4.69, 9.17) is 4.74 Å². The van der Waals surface area contributed by atoms with Crippen molar-refractivity contribution in [1.29, 1.82) is 0 Å². The summed E-state index contributed by atoms with van der Waals surface area (Å²) in [5.41, 5.74) is 1.16. The van der Waals surface area contributed by atoms with Gasteiger partial charge >= 0.3 is 0 Å². The van der Waals surface area contributed by atoms with E-state index in [1.54, 1.807) is 11.3 Å². The summed E-state index contributed by atoms with van der Waals surface area (Å²) in [5, 5.41) is 2.86. The van der Waals surface area contributed by atoms with Gasteiger partial charge in [0, 0.05) is 20.2 Å². The molecular weight excluding hydrogens is 352 g/mol. The molecule has 0 radical (unpaired) electrons. The Bertz CT molecular complexity index is 454. The molecule has 0 spiro atoms. The van der Waals surface area contributed by atoms with Gasteiger partial charge in [-0.05, 0) is 29.6 Å². The van der Waals surface area contributed by atoms with E-state index in [-0.39, 0.29) is 0 Å². The van der Waals surface area contributed by atoms with Crippen molar-refractivity contribution < 1.29 is 4.74 Å². The highest BCUT2D eigenvalue weighted by molar-refractivity contribution is 9.10. The zero-order chi connectivity index (χ0) is 11.4. The maximum Gasteiger partial charge on any atom is 0.123 e. The van der Waals surface area contributed by atoms with Crippen molar-refractivity contribution in [1.82, 2.24) is 0 Å². The van der Waals surface area contributed by atoms with Crippen LogP contribution < -0.4 is 4.74 Å². The fraction of sp³-hybridized carbons (Fsp3) is 0.167. The molecule has 0 unspecified atom stereocenters. The van der Waals surface area contributed by atoms with E-state index in [1.165, 1.54) is 4.88 Å². The van der Waals surface area contributed by atoms with E-state index >= 15 is 0 Å². The molecule has 0 aliphatic carbocycles. The van der Waals surface area contributed by atoms with Crippen molar-refractivity contribution in [3.63, 3.8) is 0 Å².